The summed E-state index contributed by atoms with van der Waals surface area (Å²) in [5.74, 6) is 2.51. The van der Waals surface area contributed by atoms with E-state index in [1.54, 1.807) is 7.11 Å². The van der Waals surface area contributed by atoms with Gasteiger partial charge in [0.2, 0.25) is 0 Å². The molecule has 0 heterocycles. The number of ether oxygens (including phenoxy) is 2. The molecule has 0 aliphatic carbocycles. The molecule has 0 unspecified atom stereocenters. The zero-order valence-electron chi connectivity index (χ0n) is 12.7. The fourth-order valence-corrected chi connectivity index (χ4v) is 2.29. The number of hydrogen-bond donors (Lipinski definition) is 0. The third-order valence-corrected chi connectivity index (χ3v) is 3.75. The molecule has 21 heavy (non-hydrogen) atoms. The minimum absolute atomic E-state index is 0.422. The number of hydrogen-bond acceptors (Lipinski definition) is 2. The average Bonchev–Trinajstić information content (AvgIpc) is 2.52. The molecule has 0 bridgehead atoms. The van der Waals surface area contributed by atoms with Gasteiger partial charge in [-0.2, -0.15) is 0 Å². The molecule has 2 aromatic carbocycles. The van der Waals surface area contributed by atoms with E-state index in [4.69, 9.17) is 21.1 Å². The lowest BCUT2D eigenvalue weighted by Gasteiger charge is -2.12. The van der Waals surface area contributed by atoms with Gasteiger partial charge in [0.05, 0.1) is 13.0 Å². The maximum atomic E-state index is 5.94. The van der Waals surface area contributed by atoms with E-state index < -0.39 is 0 Å². The van der Waals surface area contributed by atoms with Crippen molar-refractivity contribution in [1.29, 1.82) is 0 Å². The molecule has 0 aliphatic rings. The van der Waals surface area contributed by atoms with E-state index in [0.29, 0.717) is 18.4 Å². The predicted molar refractivity (Wildman–Crippen MR) is 87.4 cm³/mol. The van der Waals surface area contributed by atoms with Crippen LogP contribution in [0.25, 0.3) is 0 Å². The van der Waals surface area contributed by atoms with Gasteiger partial charge >= 0.3 is 0 Å². The summed E-state index contributed by atoms with van der Waals surface area (Å²) in [5.41, 5.74) is 3.44. The van der Waals surface area contributed by atoms with Crippen LogP contribution in [0, 0.1) is 0 Å². The van der Waals surface area contributed by atoms with Crippen LogP contribution in [-0.4, -0.2) is 7.11 Å². The van der Waals surface area contributed by atoms with Crippen molar-refractivity contribution >= 4 is 11.6 Å². The van der Waals surface area contributed by atoms with Gasteiger partial charge in [0.15, 0.2) is 0 Å². The Morgan fingerprint density at radius 3 is 2.33 bits per heavy atom. The molecule has 0 fully saturated rings. The quantitative estimate of drug-likeness (QED) is 0.688. The van der Waals surface area contributed by atoms with Gasteiger partial charge in [-0.3, -0.25) is 0 Å². The van der Waals surface area contributed by atoms with Crippen molar-refractivity contribution in [2.24, 2.45) is 0 Å². The second kappa shape index (κ2) is 7.37. The van der Waals surface area contributed by atoms with Gasteiger partial charge in [0.1, 0.15) is 18.1 Å². The van der Waals surface area contributed by atoms with Gasteiger partial charge in [-0.25, -0.2) is 0 Å². The first-order valence-electron chi connectivity index (χ1n) is 7.08. The molecular weight excluding hydrogens is 284 g/mol. The van der Waals surface area contributed by atoms with Crippen molar-refractivity contribution in [3.63, 3.8) is 0 Å². The zero-order valence-corrected chi connectivity index (χ0v) is 13.5. The molecule has 0 aliphatic heterocycles. The maximum absolute atomic E-state index is 5.94. The van der Waals surface area contributed by atoms with Crippen LogP contribution in [0.1, 0.15) is 36.5 Å². The van der Waals surface area contributed by atoms with E-state index in [-0.39, 0.29) is 0 Å². The molecule has 2 rings (SSSR count). The number of methoxy groups -OCH3 is 1. The Labute approximate surface area is 131 Å². The second-order valence-corrected chi connectivity index (χ2v) is 5.56. The topological polar surface area (TPSA) is 18.5 Å². The number of rotatable bonds is 6. The first-order valence-corrected chi connectivity index (χ1v) is 7.62. The van der Waals surface area contributed by atoms with Crippen molar-refractivity contribution < 1.29 is 9.47 Å². The van der Waals surface area contributed by atoms with Gasteiger partial charge in [0.25, 0.3) is 0 Å². The lowest BCUT2D eigenvalue weighted by atomic mass is 10.0. The molecule has 0 saturated heterocycles. The summed E-state index contributed by atoms with van der Waals surface area (Å²) in [6, 6.07) is 14.2. The second-order valence-electron chi connectivity index (χ2n) is 5.29. The minimum Gasteiger partial charge on any atom is -0.497 e. The van der Waals surface area contributed by atoms with Crippen molar-refractivity contribution in [3.8, 4) is 11.5 Å². The lowest BCUT2D eigenvalue weighted by Crippen LogP contribution is -1.99. The lowest BCUT2D eigenvalue weighted by molar-refractivity contribution is 0.301. The third-order valence-electron chi connectivity index (χ3n) is 3.46. The highest BCUT2D eigenvalue weighted by Crippen LogP contribution is 2.27. The molecule has 3 heteroatoms. The number of alkyl halides is 1. The highest BCUT2D eigenvalue weighted by Gasteiger charge is 2.06. The highest BCUT2D eigenvalue weighted by molar-refractivity contribution is 6.17. The SMILES string of the molecule is COc1ccc(CCl)c(OCc2ccc(C(C)C)cc2)c1. The van der Waals surface area contributed by atoms with Gasteiger partial charge in [-0.15, -0.1) is 11.6 Å². The van der Waals surface area contributed by atoms with Crippen molar-refractivity contribution in [2.45, 2.75) is 32.3 Å². The summed E-state index contributed by atoms with van der Waals surface area (Å²) in [6.45, 7) is 4.90. The van der Waals surface area contributed by atoms with Crippen LogP contribution < -0.4 is 9.47 Å². The fourth-order valence-electron chi connectivity index (χ4n) is 2.07. The van der Waals surface area contributed by atoms with Crippen molar-refractivity contribution in [2.75, 3.05) is 7.11 Å². The van der Waals surface area contributed by atoms with Crippen LogP contribution in [0.2, 0.25) is 0 Å². The van der Waals surface area contributed by atoms with E-state index in [0.717, 1.165) is 22.6 Å². The predicted octanol–water partition coefficient (Wildman–Crippen LogP) is 5.14. The van der Waals surface area contributed by atoms with Crippen LogP contribution in [0.3, 0.4) is 0 Å². The van der Waals surface area contributed by atoms with Crippen LogP contribution in [-0.2, 0) is 12.5 Å². The van der Waals surface area contributed by atoms with E-state index in [2.05, 4.69) is 38.1 Å². The molecule has 0 N–H and O–H groups in total. The van der Waals surface area contributed by atoms with E-state index in [1.807, 2.05) is 18.2 Å². The monoisotopic (exact) mass is 304 g/mol. The molecule has 0 atom stereocenters. The molecule has 112 valence electrons. The largest absolute Gasteiger partial charge is 0.497 e. The Kier molecular flexibility index (Phi) is 5.51. The third kappa shape index (κ3) is 4.15. The van der Waals surface area contributed by atoms with E-state index in [9.17, 15) is 0 Å². The van der Waals surface area contributed by atoms with Crippen LogP contribution in [0.15, 0.2) is 42.5 Å². The number of halogens is 1. The summed E-state index contributed by atoms with van der Waals surface area (Å²) < 4.78 is 11.1. The summed E-state index contributed by atoms with van der Waals surface area (Å²) >= 11 is 5.94. The fraction of sp³-hybridized carbons (Fsp3) is 0.333. The van der Waals surface area contributed by atoms with E-state index in [1.165, 1.54) is 5.56 Å². The summed E-state index contributed by atoms with van der Waals surface area (Å²) in [6.07, 6.45) is 0. The molecule has 0 saturated carbocycles. The summed E-state index contributed by atoms with van der Waals surface area (Å²) in [5, 5.41) is 0. The average molecular weight is 305 g/mol. The van der Waals surface area contributed by atoms with Gasteiger partial charge in [-0.1, -0.05) is 44.2 Å². The minimum atomic E-state index is 0.422. The molecule has 0 amide bonds. The Morgan fingerprint density at radius 1 is 1.05 bits per heavy atom. The van der Waals surface area contributed by atoms with Crippen LogP contribution in [0.5, 0.6) is 11.5 Å². The Hall–Kier alpha value is -1.67. The first-order chi connectivity index (χ1) is 10.1. The van der Waals surface area contributed by atoms with Gasteiger partial charge < -0.3 is 9.47 Å². The Bertz CT molecular complexity index is 576. The normalized spacial score (nSPS) is 10.7. The summed E-state index contributed by atoms with van der Waals surface area (Å²) in [7, 11) is 1.64. The molecule has 0 radical (unpaired) electrons. The molecule has 2 aromatic rings. The molecule has 0 aromatic heterocycles. The Balaban J connectivity index is 2.08. The molecule has 0 spiro atoms. The first kappa shape index (κ1) is 15.7. The zero-order chi connectivity index (χ0) is 15.2. The Morgan fingerprint density at radius 2 is 1.76 bits per heavy atom. The smallest absolute Gasteiger partial charge is 0.127 e. The van der Waals surface area contributed by atoms with Crippen LogP contribution >= 0.6 is 11.6 Å². The van der Waals surface area contributed by atoms with Crippen LogP contribution in [0.4, 0.5) is 0 Å². The van der Waals surface area contributed by atoms with E-state index >= 15 is 0 Å². The summed E-state index contributed by atoms with van der Waals surface area (Å²) in [4.78, 5) is 0. The number of benzene rings is 2. The molecular formula is C18H21ClO2. The maximum Gasteiger partial charge on any atom is 0.127 e. The highest BCUT2D eigenvalue weighted by atomic mass is 35.5. The van der Waals surface area contributed by atoms with Crippen molar-refractivity contribution in [1.82, 2.24) is 0 Å². The molecule has 2 nitrogen and oxygen atoms in total. The standard InChI is InChI=1S/C18H21ClO2/c1-13(2)15-6-4-14(5-7-15)12-21-18-10-17(20-3)9-8-16(18)11-19/h4-10,13H,11-12H2,1-3H3. The van der Waals surface area contributed by atoms with Gasteiger partial charge in [0, 0.05) is 11.6 Å². The van der Waals surface area contributed by atoms with Crippen molar-refractivity contribution in [3.05, 3.63) is 59.2 Å². The van der Waals surface area contributed by atoms with Gasteiger partial charge in [-0.05, 0) is 23.1 Å².